The largest absolute Gasteiger partial charge is 0.0834 e. The summed E-state index contributed by atoms with van der Waals surface area (Å²) in [6.45, 7) is 4.61. The van der Waals surface area contributed by atoms with E-state index in [2.05, 4.69) is 37.6 Å². The van der Waals surface area contributed by atoms with Crippen LogP contribution in [0.4, 0.5) is 0 Å². The number of hydrogen-bond donors (Lipinski definition) is 0. The molecule has 0 N–H and O–H groups in total. The van der Waals surface area contributed by atoms with Gasteiger partial charge in [-0.15, -0.1) is 0 Å². The fraction of sp³-hybridized carbons (Fsp3) is 0.889. The molecule has 0 rings (SSSR count). The van der Waals surface area contributed by atoms with Crippen LogP contribution in [0.3, 0.4) is 0 Å². The molecule has 0 fully saturated rings. The lowest BCUT2D eigenvalue weighted by Gasteiger charge is -2.02. The summed E-state index contributed by atoms with van der Waals surface area (Å²) in [4.78, 5) is 0. The Labute approximate surface area is 238 Å². The fourth-order valence-corrected chi connectivity index (χ4v) is 5.87. The van der Waals surface area contributed by atoms with E-state index >= 15 is 0 Å². The smallest absolute Gasteiger partial charge is 0.0267 e. The van der Waals surface area contributed by atoms with Crippen LogP contribution in [-0.2, 0) is 0 Å². The maximum absolute atomic E-state index is 2.40. The minimum atomic E-state index is 1.28. The normalized spacial score (nSPS) is 12.3. The van der Waals surface area contributed by atoms with E-state index in [0.717, 1.165) is 0 Å². The van der Waals surface area contributed by atoms with E-state index in [-0.39, 0.29) is 0 Å². The summed E-state index contributed by atoms with van der Waals surface area (Å²) in [6, 6.07) is 0. The van der Waals surface area contributed by atoms with E-state index in [4.69, 9.17) is 0 Å². The van der Waals surface area contributed by atoms with Gasteiger partial charge in [-0.2, -0.15) is 0 Å². The zero-order chi connectivity index (χ0) is 26.7. The first-order chi connectivity index (χ1) is 18.4. The van der Waals surface area contributed by atoms with Crippen LogP contribution in [0.5, 0.6) is 0 Å². The SMILES string of the molecule is CCCCCCCCCCCCCCCCC=C[P]C=CCCCCCCCCCCCCCCCC. The van der Waals surface area contributed by atoms with E-state index in [1.807, 2.05) is 0 Å². The Bertz CT molecular complexity index is 398. The monoisotopic (exact) mass is 534 g/mol. The standard InChI is InChI=1S/C36H70P/c1-3-5-7-9-11-13-15-17-19-21-23-25-27-29-31-33-35-37-36-34-32-30-28-26-24-22-20-18-16-14-12-10-8-6-4-2/h33-36H,3-32H2,1-2H3. The summed E-state index contributed by atoms with van der Waals surface area (Å²) in [7, 11) is 1.38. The van der Waals surface area contributed by atoms with E-state index in [1.54, 1.807) is 0 Å². The summed E-state index contributed by atoms with van der Waals surface area (Å²) in [6.07, 6.45) is 47.9. The van der Waals surface area contributed by atoms with Gasteiger partial charge in [-0.3, -0.25) is 0 Å². The van der Waals surface area contributed by atoms with Crippen molar-refractivity contribution < 1.29 is 0 Å². The highest BCUT2D eigenvalue weighted by molar-refractivity contribution is 7.45. The van der Waals surface area contributed by atoms with Gasteiger partial charge in [0, 0.05) is 0 Å². The van der Waals surface area contributed by atoms with Crippen molar-refractivity contribution in [2.24, 2.45) is 0 Å². The molecule has 1 heteroatoms. The second-order valence-electron chi connectivity index (χ2n) is 11.7. The predicted octanol–water partition coefficient (Wildman–Crippen LogP) is 14.7. The van der Waals surface area contributed by atoms with Gasteiger partial charge in [0.25, 0.3) is 0 Å². The molecule has 0 saturated carbocycles. The first kappa shape index (κ1) is 36.9. The molecule has 0 aromatic rings. The number of rotatable bonds is 32. The molecule has 0 heterocycles. The van der Waals surface area contributed by atoms with Gasteiger partial charge >= 0.3 is 0 Å². The van der Waals surface area contributed by atoms with E-state index in [0.29, 0.717) is 0 Å². The zero-order valence-electron chi connectivity index (χ0n) is 26.0. The van der Waals surface area contributed by atoms with Gasteiger partial charge < -0.3 is 0 Å². The molecule has 0 nitrogen and oxygen atoms in total. The van der Waals surface area contributed by atoms with Gasteiger partial charge in [-0.05, 0) is 34.3 Å². The van der Waals surface area contributed by atoms with Gasteiger partial charge in [-0.1, -0.05) is 205 Å². The summed E-state index contributed by atoms with van der Waals surface area (Å²) in [5.74, 6) is 4.70. The Morgan fingerprint density at radius 3 is 0.757 bits per heavy atom. The second kappa shape index (κ2) is 35.9. The maximum Gasteiger partial charge on any atom is -0.0267 e. The average molecular weight is 534 g/mol. The fourth-order valence-electron chi connectivity index (χ4n) is 5.23. The molecule has 0 aliphatic rings. The van der Waals surface area contributed by atoms with Gasteiger partial charge in [0.2, 0.25) is 0 Å². The van der Waals surface area contributed by atoms with Crippen LogP contribution in [0.25, 0.3) is 0 Å². The zero-order valence-corrected chi connectivity index (χ0v) is 26.9. The van der Waals surface area contributed by atoms with Crippen LogP contribution in [0.2, 0.25) is 0 Å². The molecule has 0 saturated heterocycles. The summed E-state index contributed by atoms with van der Waals surface area (Å²) < 4.78 is 0. The second-order valence-corrected chi connectivity index (χ2v) is 12.6. The molecule has 0 spiro atoms. The molecule has 0 aliphatic heterocycles. The summed E-state index contributed by atoms with van der Waals surface area (Å²) in [5.41, 5.74) is 0. The number of unbranched alkanes of at least 4 members (excludes halogenated alkanes) is 28. The lowest BCUT2D eigenvalue weighted by atomic mass is 10.0. The third-order valence-corrected chi connectivity index (χ3v) is 8.60. The lowest BCUT2D eigenvalue weighted by molar-refractivity contribution is 0.536. The van der Waals surface area contributed by atoms with Crippen molar-refractivity contribution in [3.8, 4) is 0 Å². The molecule has 0 atom stereocenters. The lowest BCUT2D eigenvalue weighted by Crippen LogP contribution is -1.83. The number of allylic oxidation sites excluding steroid dienone is 2. The van der Waals surface area contributed by atoms with E-state index in [1.165, 1.54) is 201 Å². The highest BCUT2D eigenvalue weighted by Gasteiger charge is 1.95. The minimum Gasteiger partial charge on any atom is -0.0834 e. The molecule has 0 bridgehead atoms. The van der Waals surface area contributed by atoms with Crippen LogP contribution < -0.4 is 0 Å². The van der Waals surface area contributed by atoms with E-state index < -0.39 is 0 Å². The third kappa shape index (κ3) is 35.9. The van der Waals surface area contributed by atoms with Crippen molar-refractivity contribution in [3.05, 3.63) is 23.8 Å². The predicted molar refractivity (Wildman–Crippen MR) is 175 cm³/mol. The third-order valence-electron chi connectivity index (χ3n) is 7.83. The molecule has 0 unspecified atom stereocenters. The first-order valence-electron chi connectivity index (χ1n) is 17.4. The number of hydrogen-bond acceptors (Lipinski definition) is 0. The molecule has 0 amide bonds. The Hall–Kier alpha value is -0.0900. The Morgan fingerprint density at radius 1 is 0.297 bits per heavy atom. The molecule has 0 aliphatic carbocycles. The van der Waals surface area contributed by atoms with Crippen molar-refractivity contribution in [3.63, 3.8) is 0 Å². The average Bonchev–Trinajstić information content (AvgIpc) is 2.91. The molecule has 0 aromatic carbocycles. The van der Waals surface area contributed by atoms with E-state index in [9.17, 15) is 0 Å². The van der Waals surface area contributed by atoms with Gasteiger partial charge in [0.15, 0.2) is 0 Å². The van der Waals surface area contributed by atoms with Crippen molar-refractivity contribution in [2.45, 2.75) is 206 Å². The topological polar surface area (TPSA) is 0 Å². The Balaban J connectivity index is 3.14. The molecule has 0 aromatic heterocycles. The maximum atomic E-state index is 2.40. The summed E-state index contributed by atoms with van der Waals surface area (Å²) in [5, 5.41) is 0. The molecule has 1 radical (unpaired) electrons. The molecule has 219 valence electrons. The first-order valence-corrected chi connectivity index (χ1v) is 18.4. The van der Waals surface area contributed by atoms with Crippen LogP contribution >= 0.6 is 8.58 Å². The quantitative estimate of drug-likeness (QED) is 0.0595. The van der Waals surface area contributed by atoms with Crippen LogP contribution in [0, 0.1) is 0 Å². The van der Waals surface area contributed by atoms with Crippen LogP contribution in [0.15, 0.2) is 23.8 Å². The Kier molecular flexibility index (Phi) is 35.8. The van der Waals surface area contributed by atoms with Crippen LogP contribution in [0.1, 0.15) is 206 Å². The van der Waals surface area contributed by atoms with Gasteiger partial charge in [0.1, 0.15) is 0 Å². The molecular formula is C36H70P. The summed E-state index contributed by atoms with van der Waals surface area (Å²) >= 11 is 0. The molecular weight excluding hydrogens is 463 g/mol. The minimum absolute atomic E-state index is 1.28. The van der Waals surface area contributed by atoms with Crippen molar-refractivity contribution in [1.29, 1.82) is 0 Å². The van der Waals surface area contributed by atoms with Crippen molar-refractivity contribution in [2.75, 3.05) is 0 Å². The highest BCUT2D eigenvalue weighted by atomic mass is 31.1. The van der Waals surface area contributed by atoms with Crippen molar-refractivity contribution in [1.82, 2.24) is 0 Å². The highest BCUT2D eigenvalue weighted by Crippen LogP contribution is 2.18. The van der Waals surface area contributed by atoms with Crippen LogP contribution in [-0.4, -0.2) is 0 Å². The Morgan fingerprint density at radius 2 is 0.514 bits per heavy atom. The van der Waals surface area contributed by atoms with Crippen molar-refractivity contribution >= 4 is 8.58 Å². The van der Waals surface area contributed by atoms with Gasteiger partial charge in [0.05, 0.1) is 0 Å². The van der Waals surface area contributed by atoms with Gasteiger partial charge in [-0.25, -0.2) is 0 Å². The molecule has 37 heavy (non-hydrogen) atoms.